The van der Waals surface area contributed by atoms with Gasteiger partial charge in [0.15, 0.2) is 0 Å². The van der Waals surface area contributed by atoms with Gasteiger partial charge in [0.25, 0.3) is 5.91 Å². The summed E-state index contributed by atoms with van der Waals surface area (Å²) in [5.41, 5.74) is 6.28. The van der Waals surface area contributed by atoms with E-state index in [2.05, 4.69) is 42.5 Å². The van der Waals surface area contributed by atoms with E-state index in [0.29, 0.717) is 23.1 Å². The molecule has 10 heteroatoms. The fourth-order valence-electron chi connectivity index (χ4n) is 5.09. The van der Waals surface area contributed by atoms with Crippen molar-refractivity contribution in [3.63, 3.8) is 0 Å². The fraction of sp³-hybridized carbons (Fsp3) is 0.360. The van der Waals surface area contributed by atoms with Crippen LogP contribution in [0.15, 0.2) is 42.7 Å². The molecule has 2 aliphatic rings. The second-order valence-electron chi connectivity index (χ2n) is 9.45. The summed E-state index contributed by atoms with van der Waals surface area (Å²) in [5.74, 6) is 0.645. The average molecular weight is 470 g/mol. The number of nitrogens with zero attached hydrogens (tertiary/aromatic N) is 7. The quantitative estimate of drug-likeness (QED) is 0.468. The highest BCUT2D eigenvalue weighted by Crippen LogP contribution is 2.31. The molecule has 178 valence electrons. The summed E-state index contributed by atoms with van der Waals surface area (Å²) < 4.78 is 0. The molecule has 35 heavy (non-hydrogen) atoms. The number of fused-ring (bicyclic) bond motifs is 2. The van der Waals surface area contributed by atoms with E-state index < -0.39 is 0 Å². The first-order valence-electron chi connectivity index (χ1n) is 11.9. The van der Waals surface area contributed by atoms with Gasteiger partial charge in [-0.15, -0.1) is 5.10 Å². The lowest BCUT2D eigenvalue weighted by molar-refractivity contribution is 0.0460. The van der Waals surface area contributed by atoms with E-state index in [-0.39, 0.29) is 11.9 Å². The number of carbonyl (C=O) groups excluding carboxylic acids is 1. The Balaban J connectivity index is 1.10. The molecule has 2 atom stereocenters. The number of rotatable bonds is 4. The van der Waals surface area contributed by atoms with Crippen molar-refractivity contribution in [1.82, 2.24) is 40.2 Å². The van der Waals surface area contributed by atoms with Crippen LogP contribution in [0.2, 0.25) is 0 Å². The van der Waals surface area contributed by atoms with Crippen LogP contribution in [0.25, 0.3) is 11.0 Å². The van der Waals surface area contributed by atoms with Gasteiger partial charge in [-0.2, -0.15) is 0 Å². The topological polar surface area (TPSA) is 116 Å². The first-order valence-corrected chi connectivity index (χ1v) is 11.9. The molecule has 3 aromatic heterocycles. The third-order valence-corrected chi connectivity index (χ3v) is 7.05. The molecule has 1 saturated heterocycles. The fourth-order valence-corrected chi connectivity index (χ4v) is 5.09. The van der Waals surface area contributed by atoms with Crippen LogP contribution >= 0.6 is 0 Å². The largest absolute Gasteiger partial charge is 0.336 e. The number of likely N-dealkylation sites (tertiary alicyclic amines) is 1. The normalized spacial score (nSPS) is 20.2. The monoisotopic (exact) mass is 469 g/mol. The molecular weight excluding hydrogens is 442 g/mol. The number of hydrogen-bond donors (Lipinski definition) is 2. The van der Waals surface area contributed by atoms with E-state index in [4.69, 9.17) is 4.98 Å². The number of carbonyl (C=O) groups is 1. The molecule has 10 nitrogen and oxygen atoms in total. The standard InChI is InChI=1S/C25H27N9O/c1-15-3-5-19(12-26-15)28-25-27-11-18-13-33(14-23(18)29-25)20-7-8-34(16(2)9-20)24(35)17-4-6-21-22(10-17)31-32-30-21/h3-6,10-12,16,20H,7-9,13-14H2,1-2H3,(H,27,28,29)(H,30,31,32)/t16-,20-/m1/s1. The minimum Gasteiger partial charge on any atom is -0.336 e. The molecule has 0 spiro atoms. The van der Waals surface area contributed by atoms with Gasteiger partial charge in [-0.1, -0.05) is 5.21 Å². The average Bonchev–Trinajstić information content (AvgIpc) is 3.51. The van der Waals surface area contributed by atoms with Crippen LogP contribution in [-0.2, 0) is 13.1 Å². The van der Waals surface area contributed by atoms with Crippen molar-refractivity contribution >= 4 is 28.6 Å². The summed E-state index contributed by atoms with van der Waals surface area (Å²) in [5, 5.41) is 13.9. The third kappa shape index (κ3) is 4.21. The van der Waals surface area contributed by atoms with Crippen LogP contribution in [0.3, 0.4) is 0 Å². The summed E-state index contributed by atoms with van der Waals surface area (Å²) in [6, 6.07) is 10.0. The Morgan fingerprint density at radius 1 is 1.14 bits per heavy atom. The van der Waals surface area contributed by atoms with E-state index in [1.54, 1.807) is 6.20 Å². The van der Waals surface area contributed by atoms with Crippen molar-refractivity contribution in [2.24, 2.45) is 0 Å². The lowest BCUT2D eigenvalue weighted by atomic mass is 9.96. The highest BCUT2D eigenvalue weighted by molar-refractivity contribution is 5.97. The van der Waals surface area contributed by atoms with Crippen LogP contribution in [-0.4, -0.2) is 64.7 Å². The molecule has 1 amide bonds. The summed E-state index contributed by atoms with van der Waals surface area (Å²) in [6.07, 6.45) is 5.58. The van der Waals surface area contributed by atoms with Gasteiger partial charge in [0, 0.05) is 54.7 Å². The molecule has 0 unspecified atom stereocenters. The zero-order chi connectivity index (χ0) is 23.9. The number of amides is 1. The maximum absolute atomic E-state index is 13.2. The van der Waals surface area contributed by atoms with Gasteiger partial charge < -0.3 is 10.2 Å². The van der Waals surface area contributed by atoms with Gasteiger partial charge in [0.1, 0.15) is 5.52 Å². The van der Waals surface area contributed by atoms with E-state index >= 15 is 0 Å². The molecule has 0 saturated carbocycles. The van der Waals surface area contributed by atoms with Gasteiger partial charge in [0.05, 0.1) is 23.1 Å². The van der Waals surface area contributed by atoms with Crippen molar-refractivity contribution in [3.8, 4) is 0 Å². The third-order valence-electron chi connectivity index (χ3n) is 7.05. The zero-order valence-electron chi connectivity index (χ0n) is 19.8. The Morgan fingerprint density at radius 2 is 2.06 bits per heavy atom. The molecule has 6 rings (SSSR count). The molecule has 2 aliphatic heterocycles. The summed E-state index contributed by atoms with van der Waals surface area (Å²) in [4.78, 5) is 31.3. The SMILES string of the molecule is Cc1ccc(Nc2ncc3c(n2)CN([C@@H]2CCN(C(=O)c4ccc5[nH]nnc5c4)[C@H](C)C2)C3)cn1. The molecule has 1 fully saturated rings. The van der Waals surface area contributed by atoms with E-state index in [1.165, 1.54) is 5.56 Å². The molecule has 1 aromatic carbocycles. The molecule has 0 radical (unpaired) electrons. The molecule has 0 bridgehead atoms. The van der Waals surface area contributed by atoms with Crippen molar-refractivity contribution in [1.29, 1.82) is 0 Å². The predicted octanol–water partition coefficient (Wildman–Crippen LogP) is 3.20. The summed E-state index contributed by atoms with van der Waals surface area (Å²) in [6.45, 7) is 6.47. The second-order valence-corrected chi connectivity index (χ2v) is 9.45. The van der Waals surface area contributed by atoms with Crippen LogP contribution in [0.4, 0.5) is 11.6 Å². The highest BCUT2D eigenvalue weighted by Gasteiger charge is 2.35. The van der Waals surface area contributed by atoms with E-state index in [1.807, 2.05) is 48.4 Å². The summed E-state index contributed by atoms with van der Waals surface area (Å²) >= 11 is 0. The molecule has 5 heterocycles. The number of piperidine rings is 1. The van der Waals surface area contributed by atoms with Crippen LogP contribution in [0.1, 0.15) is 47.1 Å². The Morgan fingerprint density at radius 3 is 2.89 bits per heavy atom. The number of hydrogen-bond acceptors (Lipinski definition) is 8. The van der Waals surface area contributed by atoms with Crippen LogP contribution < -0.4 is 5.32 Å². The maximum Gasteiger partial charge on any atom is 0.254 e. The lowest BCUT2D eigenvalue weighted by Crippen LogP contribution is -2.50. The smallest absolute Gasteiger partial charge is 0.254 e. The number of aromatic nitrogens is 6. The minimum absolute atomic E-state index is 0.0535. The number of anilines is 2. The number of aryl methyl sites for hydroxylation is 1. The number of benzene rings is 1. The molecule has 0 aliphatic carbocycles. The van der Waals surface area contributed by atoms with Crippen LogP contribution in [0.5, 0.6) is 0 Å². The Labute approximate surface area is 202 Å². The molecule has 2 N–H and O–H groups in total. The number of H-pyrrole nitrogens is 1. The van der Waals surface area contributed by atoms with E-state index in [0.717, 1.165) is 55.1 Å². The van der Waals surface area contributed by atoms with Gasteiger partial charge in [-0.25, -0.2) is 9.97 Å². The van der Waals surface area contributed by atoms with Gasteiger partial charge in [-0.05, 0) is 57.0 Å². The Hall–Kier alpha value is -3.92. The van der Waals surface area contributed by atoms with E-state index in [9.17, 15) is 4.79 Å². The second kappa shape index (κ2) is 8.70. The molecular formula is C25H27N9O. The van der Waals surface area contributed by atoms with Crippen molar-refractivity contribution in [3.05, 3.63) is 65.2 Å². The maximum atomic E-state index is 13.2. The van der Waals surface area contributed by atoms with Crippen molar-refractivity contribution in [2.45, 2.75) is 51.9 Å². The first-order chi connectivity index (χ1) is 17.0. The first kappa shape index (κ1) is 21.6. The van der Waals surface area contributed by atoms with Gasteiger partial charge in [0.2, 0.25) is 5.95 Å². The summed E-state index contributed by atoms with van der Waals surface area (Å²) in [7, 11) is 0. The van der Waals surface area contributed by atoms with Gasteiger partial charge in [-0.3, -0.25) is 19.8 Å². The van der Waals surface area contributed by atoms with Crippen molar-refractivity contribution in [2.75, 3.05) is 11.9 Å². The predicted molar refractivity (Wildman–Crippen MR) is 131 cm³/mol. The highest BCUT2D eigenvalue weighted by atomic mass is 16.2. The zero-order valence-corrected chi connectivity index (χ0v) is 19.8. The Bertz CT molecular complexity index is 1380. The number of aromatic amines is 1. The van der Waals surface area contributed by atoms with Gasteiger partial charge >= 0.3 is 0 Å². The number of nitrogens with one attached hydrogen (secondary N) is 2. The molecule has 4 aromatic rings. The number of pyridine rings is 1. The van der Waals surface area contributed by atoms with Crippen LogP contribution in [0, 0.1) is 6.92 Å². The Kier molecular flexibility index (Phi) is 5.37. The van der Waals surface area contributed by atoms with Crippen molar-refractivity contribution < 1.29 is 4.79 Å². The lowest BCUT2D eigenvalue weighted by Gasteiger charge is -2.41. The minimum atomic E-state index is 0.0535.